The molecule has 0 heterocycles. The normalized spacial score (nSPS) is 11.6. The van der Waals surface area contributed by atoms with Crippen LogP contribution in [-0.4, -0.2) is 26.3 Å². The van der Waals surface area contributed by atoms with Crippen LogP contribution in [0.4, 0.5) is 5.69 Å². The lowest BCUT2D eigenvalue weighted by atomic mass is 9.83. The zero-order chi connectivity index (χ0) is 21.0. The molecule has 0 aliphatic heterocycles. The quantitative estimate of drug-likeness (QED) is 0.317. The van der Waals surface area contributed by atoms with Crippen LogP contribution in [0.5, 0.6) is 17.2 Å². The van der Waals surface area contributed by atoms with Crippen molar-refractivity contribution in [2.45, 2.75) is 12.8 Å². The summed E-state index contributed by atoms with van der Waals surface area (Å²) in [5.74, 6) is 1.61. The zero-order valence-corrected chi connectivity index (χ0v) is 16.8. The summed E-state index contributed by atoms with van der Waals surface area (Å²) in [6.07, 6.45) is 0. The van der Waals surface area contributed by atoms with Gasteiger partial charge in [0.05, 0.1) is 26.3 Å². The van der Waals surface area contributed by atoms with E-state index in [2.05, 4.69) is 0 Å². The average Bonchev–Trinajstić information content (AvgIpc) is 2.75. The minimum atomic E-state index is -0.404. The molecule has 3 rings (SSSR count). The first-order chi connectivity index (χ1) is 14.0. The van der Waals surface area contributed by atoms with Crippen molar-refractivity contribution in [3.8, 4) is 17.2 Å². The Hall–Kier alpha value is -3.54. The van der Waals surface area contributed by atoms with E-state index in [1.54, 1.807) is 33.5 Å². The van der Waals surface area contributed by atoms with E-state index < -0.39 is 4.92 Å². The SMILES string of the molecule is COc1cc(OC)c(C(c2ccc(C)cc2)c2ccc([N+](=O)[O-])cc2)c(OC)c1. The van der Waals surface area contributed by atoms with Crippen LogP contribution in [0.1, 0.15) is 28.2 Å². The molecule has 0 amide bonds. The van der Waals surface area contributed by atoms with Crippen molar-refractivity contribution in [1.82, 2.24) is 0 Å². The van der Waals surface area contributed by atoms with E-state index in [9.17, 15) is 10.1 Å². The minimum Gasteiger partial charge on any atom is -0.496 e. The summed E-state index contributed by atoms with van der Waals surface area (Å²) in [4.78, 5) is 10.7. The van der Waals surface area contributed by atoms with Crippen LogP contribution in [-0.2, 0) is 0 Å². The van der Waals surface area contributed by atoms with Crippen molar-refractivity contribution in [1.29, 1.82) is 0 Å². The summed E-state index contributed by atoms with van der Waals surface area (Å²) in [5, 5.41) is 11.1. The van der Waals surface area contributed by atoms with Crippen LogP contribution in [0.3, 0.4) is 0 Å². The predicted molar refractivity (Wildman–Crippen MR) is 111 cm³/mol. The number of nitrogens with zero attached hydrogens (tertiary/aromatic N) is 1. The van der Waals surface area contributed by atoms with Gasteiger partial charge in [-0.3, -0.25) is 10.1 Å². The number of benzene rings is 3. The number of aryl methyl sites for hydroxylation is 1. The van der Waals surface area contributed by atoms with Crippen LogP contribution in [0.15, 0.2) is 60.7 Å². The van der Waals surface area contributed by atoms with Crippen LogP contribution in [0.25, 0.3) is 0 Å². The molecule has 0 N–H and O–H groups in total. The van der Waals surface area contributed by atoms with Gasteiger partial charge in [-0.1, -0.05) is 42.0 Å². The van der Waals surface area contributed by atoms with E-state index in [0.717, 1.165) is 22.3 Å². The molecule has 0 aliphatic rings. The van der Waals surface area contributed by atoms with Gasteiger partial charge < -0.3 is 14.2 Å². The highest BCUT2D eigenvalue weighted by Gasteiger charge is 2.26. The molecule has 0 aromatic heterocycles. The monoisotopic (exact) mass is 393 g/mol. The summed E-state index contributed by atoms with van der Waals surface area (Å²) in [6.45, 7) is 2.03. The first kappa shape index (κ1) is 20.2. The van der Waals surface area contributed by atoms with E-state index in [4.69, 9.17) is 14.2 Å². The molecule has 0 aliphatic carbocycles. The second kappa shape index (κ2) is 8.65. The number of methoxy groups -OCH3 is 3. The Morgan fingerprint density at radius 2 is 1.28 bits per heavy atom. The van der Waals surface area contributed by atoms with Crippen LogP contribution >= 0.6 is 0 Å². The third-order valence-electron chi connectivity index (χ3n) is 4.89. The highest BCUT2D eigenvalue weighted by Crippen LogP contribution is 2.45. The molecule has 0 radical (unpaired) electrons. The number of non-ortho nitro benzene ring substituents is 1. The van der Waals surface area contributed by atoms with E-state index in [1.807, 2.05) is 43.3 Å². The molecule has 6 nitrogen and oxygen atoms in total. The van der Waals surface area contributed by atoms with Gasteiger partial charge in [0.15, 0.2) is 0 Å². The summed E-state index contributed by atoms with van der Waals surface area (Å²) < 4.78 is 16.7. The molecule has 0 saturated heterocycles. The van der Waals surface area contributed by atoms with Crippen LogP contribution in [0, 0.1) is 17.0 Å². The van der Waals surface area contributed by atoms with Gasteiger partial charge in [0.25, 0.3) is 5.69 Å². The number of hydrogen-bond donors (Lipinski definition) is 0. The topological polar surface area (TPSA) is 70.8 Å². The van der Waals surface area contributed by atoms with E-state index in [-0.39, 0.29) is 11.6 Å². The average molecular weight is 393 g/mol. The molecule has 0 fully saturated rings. The first-order valence-corrected chi connectivity index (χ1v) is 9.09. The number of rotatable bonds is 7. The third kappa shape index (κ3) is 4.16. The lowest BCUT2D eigenvalue weighted by molar-refractivity contribution is -0.384. The van der Waals surface area contributed by atoms with Crippen molar-refractivity contribution in [2.24, 2.45) is 0 Å². The lowest BCUT2D eigenvalue weighted by Crippen LogP contribution is -2.08. The maximum Gasteiger partial charge on any atom is 0.269 e. The molecular weight excluding hydrogens is 370 g/mol. The van der Waals surface area contributed by atoms with Crippen molar-refractivity contribution < 1.29 is 19.1 Å². The Bertz CT molecular complexity index is 972. The lowest BCUT2D eigenvalue weighted by Gasteiger charge is -2.24. The number of nitro groups is 1. The van der Waals surface area contributed by atoms with Crippen molar-refractivity contribution in [3.63, 3.8) is 0 Å². The van der Waals surface area contributed by atoms with Gasteiger partial charge in [0.2, 0.25) is 0 Å². The van der Waals surface area contributed by atoms with Gasteiger partial charge in [-0.05, 0) is 18.1 Å². The van der Waals surface area contributed by atoms with Crippen molar-refractivity contribution in [3.05, 3.63) is 93.0 Å². The Balaban J connectivity index is 2.26. The predicted octanol–water partition coefficient (Wildman–Crippen LogP) is 5.11. The van der Waals surface area contributed by atoms with Gasteiger partial charge in [-0.2, -0.15) is 0 Å². The summed E-state index contributed by atoms with van der Waals surface area (Å²) in [5.41, 5.74) is 3.93. The second-order valence-electron chi connectivity index (χ2n) is 6.64. The Morgan fingerprint density at radius 3 is 1.69 bits per heavy atom. The second-order valence-corrected chi connectivity index (χ2v) is 6.64. The number of nitro benzene ring substituents is 1. The van der Waals surface area contributed by atoms with E-state index >= 15 is 0 Å². The molecule has 29 heavy (non-hydrogen) atoms. The molecule has 1 atom stereocenters. The van der Waals surface area contributed by atoms with Gasteiger partial charge >= 0.3 is 0 Å². The largest absolute Gasteiger partial charge is 0.496 e. The molecular formula is C23H23NO5. The molecule has 0 saturated carbocycles. The number of ether oxygens (including phenoxy) is 3. The van der Waals surface area contributed by atoms with Crippen molar-refractivity contribution in [2.75, 3.05) is 21.3 Å². The van der Waals surface area contributed by atoms with Gasteiger partial charge in [-0.15, -0.1) is 0 Å². The van der Waals surface area contributed by atoms with Gasteiger partial charge in [0, 0.05) is 35.7 Å². The highest BCUT2D eigenvalue weighted by atomic mass is 16.6. The van der Waals surface area contributed by atoms with Gasteiger partial charge in [-0.25, -0.2) is 0 Å². The minimum absolute atomic E-state index is 0.0464. The zero-order valence-electron chi connectivity index (χ0n) is 16.8. The van der Waals surface area contributed by atoms with Crippen LogP contribution < -0.4 is 14.2 Å². The molecule has 1 unspecified atom stereocenters. The van der Waals surface area contributed by atoms with Crippen molar-refractivity contribution >= 4 is 5.69 Å². The molecule has 3 aromatic rings. The van der Waals surface area contributed by atoms with Crippen LogP contribution in [0.2, 0.25) is 0 Å². The fraction of sp³-hybridized carbons (Fsp3) is 0.217. The third-order valence-corrected chi connectivity index (χ3v) is 4.89. The highest BCUT2D eigenvalue weighted by molar-refractivity contribution is 5.59. The Labute approximate surface area is 169 Å². The fourth-order valence-corrected chi connectivity index (χ4v) is 3.39. The Kier molecular flexibility index (Phi) is 6.02. The molecule has 0 bridgehead atoms. The summed E-state index contributed by atoms with van der Waals surface area (Å²) >= 11 is 0. The first-order valence-electron chi connectivity index (χ1n) is 9.09. The van der Waals surface area contributed by atoms with E-state index in [0.29, 0.717) is 17.2 Å². The number of hydrogen-bond acceptors (Lipinski definition) is 5. The van der Waals surface area contributed by atoms with Gasteiger partial charge in [0.1, 0.15) is 17.2 Å². The van der Waals surface area contributed by atoms with E-state index in [1.165, 1.54) is 12.1 Å². The standard InChI is InChI=1S/C23H23NO5/c1-15-5-7-16(8-6-15)22(17-9-11-18(12-10-17)24(25)26)23-20(28-3)13-19(27-2)14-21(23)29-4/h5-14,22H,1-4H3. The molecule has 150 valence electrons. The Morgan fingerprint density at radius 1 is 0.793 bits per heavy atom. The maximum atomic E-state index is 11.1. The molecule has 3 aromatic carbocycles. The summed E-state index contributed by atoms with van der Waals surface area (Å²) in [6, 6.07) is 18.4. The smallest absolute Gasteiger partial charge is 0.269 e. The fourth-order valence-electron chi connectivity index (χ4n) is 3.39. The molecule has 6 heteroatoms. The molecule has 0 spiro atoms. The summed E-state index contributed by atoms with van der Waals surface area (Å²) in [7, 11) is 4.78. The maximum absolute atomic E-state index is 11.1.